The minimum absolute atomic E-state index is 0.0164. The molecule has 0 aliphatic carbocycles. The summed E-state index contributed by atoms with van der Waals surface area (Å²) in [4.78, 5) is 33.5. The lowest BCUT2D eigenvalue weighted by Crippen LogP contribution is -2.29. The van der Waals surface area contributed by atoms with Gasteiger partial charge in [-0.2, -0.15) is 0 Å². The molecule has 0 fully saturated rings. The summed E-state index contributed by atoms with van der Waals surface area (Å²) in [5.74, 6) is -0.463. The molecule has 4 aromatic rings. The second kappa shape index (κ2) is 6.74. The topological polar surface area (TPSA) is 79.2 Å². The maximum Gasteiger partial charge on any atom is 0.417 e. The van der Waals surface area contributed by atoms with Gasteiger partial charge in [0.05, 0.1) is 11.6 Å². The van der Waals surface area contributed by atoms with E-state index in [2.05, 4.69) is 16.0 Å². The Kier molecular flexibility index (Phi) is 4.05. The van der Waals surface area contributed by atoms with E-state index in [1.807, 2.05) is 60.4 Å². The number of aromatic nitrogens is 2. The maximum absolute atomic E-state index is 13.2. The molecular formula is C23H19N3O3. The number of hydrogen-bond donors (Lipinski definition) is 1. The van der Waals surface area contributed by atoms with Crippen molar-refractivity contribution in [3.05, 3.63) is 99.3 Å². The Bertz CT molecular complexity index is 1290. The zero-order chi connectivity index (χ0) is 20.0. The van der Waals surface area contributed by atoms with Gasteiger partial charge in [-0.25, -0.2) is 4.79 Å². The van der Waals surface area contributed by atoms with Crippen molar-refractivity contribution in [2.75, 3.05) is 0 Å². The van der Waals surface area contributed by atoms with Gasteiger partial charge in [0.1, 0.15) is 0 Å². The number of benzene rings is 2. The van der Waals surface area contributed by atoms with E-state index in [-0.39, 0.29) is 11.9 Å². The molecule has 1 amide bonds. The predicted molar refractivity (Wildman–Crippen MR) is 109 cm³/mol. The number of hydrogen-bond acceptors (Lipinski definition) is 4. The van der Waals surface area contributed by atoms with Crippen molar-refractivity contribution in [2.24, 2.45) is 0 Å². The lowest BCUT2D eigenvalue weighted by molar-refractivity contribution is 0.0709. The average Bonchev–Trinajstić information content (AvgIpc) is 3.21. The highest BCUT2D eigenvalue weighted by Crippen LogP contribution is 2.37. The number of oxazole rings is 1. The second-order valence-corrected chi connectivity index (χ2v) is 7.33. The van der Waals surface area contributed by atoms with E-state index in [0.717, 1.165) is 27.9 Å². The Morgan fingerprint density at radius 1 is 1.10 bits per heavy atom. The molecule has 0 saturated heterocycles. The van der Waals surface area contributed by atoms with Gasteiger partial charge in [-0.1, -0.05) is 30.3 Å². The zero-order valence-corrected chi connectivity index (χ0v) is 15.9. The van der Waals surface area contributed by atoms with Crippen LogP contribution in [-0.4, -0.2) is 20.8 Å². The molecule has 0 radical (unpaired) electrons. The van der Waals surface area contributed by atoms with Gasteiger partial charge in [-0.3, -0.25) is 14.8 Å². The number of amides is 1. The second-order valence-electron chi connectivity index (χ2n) is 7.33. The Labute approximate surface area is 166 Å². The Hall–Kier alpha value is -3.67. The first-order valence-electron chi connectivity index (χ1n) is 9.52. The van der Waals surface area contributed by atoms with Gasteiger partial charge in [-0.05, 0) is 54.3 Å². The summed E-state index contributed by atoms with van der Waals surface area (Å²) in [6, 6.07) is 17.2. The van der Waals surface area contributed by atoms with Crippen LogP contribution in [-0.2, 0) is 13.0 Å². The summed E-state index contributed by atoms with van der Waals surface area (Å²) in [5.41, 5.74) is 5.94. The van der Waals surface area contributed by atoms with Gasteiger partial charge < -0.3 is 9.32 Å². The third kappa shape index (κ3) is 3.02. The molecule has 6 nitrogen and oxygen atoms in total. The Morgan fingerprint density at radius 3 is 2.83 bits per heavy atom. The molecule has 1 aliphatic rings. The summed E-state index contributed by atoms with van der Waals surface area (Å²) >= 11 is 0. The molecule has 1 unspecified atom stereocenters. The minimum atomic E-state index is -0.480. The van der Waals surface area contributed by atoms with Crippen LogP contribution in [0.1, 0.15) is 38.8 Å². The Balaban J connectivity index is 1.53. The van der Waals surface area contributed by atoms with Crippen molar-refractivity contribution in [1.29, 1.82) is 0 Å². The molecule has 0 saturated carbocycles. The highest BCUT2D eigenvalue weighted by molar-refractivity contribution is 5.99. The van der Waals surface area contributed by atoms with Crippen LogP contribution >= 0.6 is 0 Å². The quantitative estimate of drug-likeness (QED) is 0.580. The molecule has 0 spiro atoms. The number of pyridine rings is 1. The van der Waals surface area contributed by atoms with Crippen LogP contribution < -0.4 is 5.76 Å². The largest absolute Gasteiger partial charge is 0.417 e. The standard InChI is InChI=1S/C23H19N3O3/c1-14-16(5-4-10-24-14)12-20-17-6-2-3-7-18(17)22(27)26(20)13-15-8-9-19-21(11-15)29-23(28)25-19/h2-11,20H,12-13H2,1H3,(H,25,28). The molecule has 6 heteroatoms. The SMILES string of the molecule is Cc1ncccc1CC1c2ccccc2C(=O)N1Cc1ccc2[nH]c(=O)oc2c1. The monoisotopic (exact) mass is 385 g/mol. The third-order valence-electron chi connectivity index (χ3n) is 5.56. The fourth-order valence-corrected chi connectivity index (χ4v) is 4.08. The van der Waals surface area contributed by atoms with E-state index in [9.17, 15) is 9.59 Å². The number of H-pyrrole nitrogens is 1. The van der Waals surface area contributed by atoms with Crippen LogP contribution in [0.25, 0.3) is 11.1 Å². The number of nitrogens with one attached hydrogen (secondary N) is 1. The smallest absolute Gasteiger partial charge is 0.408 e. The molecule has 5 rings (SSSR count). The molecule has 0 bridgehead atoms. The summed E-state index contributed by atoms with van der Waals surface area (Å²) in [7, 11) is 0. The van der Waals surface area contributed by atoms with Crippen molar-refractivity contribution < 1.29 is 9.21 Å². The normalized spacial score (nSPS) is 15.8. The van der Waals surface area contributed by atoms with Gasteiger partial charge in [0.15, 0.2) is 5.58 Å². The van der Waals surface area contributed by atoms with Crippen molar-refractivity contribution in [1.82, 2.24) is 14.9 Å². The summed E-state index contributed by atoms with van der Waals surface area (Å²) in [5, 5.41) is 0. The van der Waals surface area contributed by atoms with Crippen LogP contribution in [0.15, 0.2) is 70.0 Å². The number of fused-ring (bicyclic) bond motifs is 2. The molecule has 2 aromatic heterocycles. The van der Waals surface area contributed by atoms with E-state index < -0.39 is 5.76 Å². The number of rotatable bonds is 4. The highest BCUT2D eigenvalue weighted by Gasteiger charge is 2.36. The van der Waals surface area contributed by atoms with Crippen molar-refractivity contribution in [2.45, 2.75) is 25.9 Å². The van der Waals surface area contributed by atoms with Crippen LogP contribution in [0.2, 0.25) is 0 Å². The van der Waals surface area contributed by atoms with E-state index in [1.165, 1.54) is 0 Å². The van der Waals surface area contributed by atoms with E-state index in [0.29, 0.717) is 24.1 Å². The summed E-state index contributed by atoms with van der Waals surface area (Å²) in [6.07, 6.45) is 2.48. The van der Waals surface area contributed by atoms with Gasteiger partial charge >= 0.3 is 5.76 Å². The van der Waals surface area contributed by atoms with Gasteiger partial charge in [0, 0.05) is 24.0 Å². The first kappa shape index (κ1) is 17.4. The van der Waals surface area contributed by atoms with Crippen LogP contribution in [0.3, 0.4) is 0 Å². The van der Waals surface area contributed by atoms with Crippen molar-refractivity contribution in [3.8, 4) is 0 Å². The molecule has 2 aromatic carbocycles. The lowest BCUT2D eigenvalue weighted by atomic mass is 9.97. The zero-order valence-electron chi connectivity index (χ0n) is 15.9. The number of nitrogens with zero attached hydrogens (tertiary/aromatic N) is 2. The average molecular weight is 385 g/mol. The molecule has 3 heterocycles. The number of carbonyl (C=O) groups is 1. The van der Waals surface area contributed by atoms with E-state index >= 15 is 0 Å². The number of carbonyl (C=O) groups excluding carboxylic acids is 1. The molecular weight excluding hydrogens is 366 g/mol. The minimum Gasteiger partial charge on any atom is -0.408 e. The van der Waals surface area contributed by atoms with Crippen molar-refractivity contribution >= 4 is 17.0 Å². The fraction of sp³-hybridized carbons (Fsp3) is 0.174. The molecule has 1 N–H and O–H groups in total. The van der Waals surface area contributed by atoms with Crippen LogP contribution in [0, 0.1) is 6.92 Å². The number of aryl methyl sites for hydroxylation is 1. The molecule has 29 heavy (non-hydrogen) atoms. The van der Waals surface area contributed by atoms with Crippen LogP contribution in [0.5, 0.6) is 0 Å². The van der Waals surface area contributed by atoms with E-state index in [1.54, 1.807) is 6.20 Å². The highest BCUT2D eigenvalue weighted by atomic mass is 16.4. The van der Waals surface area contributed by atoms with E-state index in [4.69, 9.17) is 4.42 Å². The van der Waals surface area contributed by atoms with Crippen LogP contribution in [0.4, 0.5) is 0 Å². The van der Waals surface area contributed by atoms with Gasteiger partial charge in [0.2, 0.25) is 0 Å². The lowest BCUT2D eigenvalue weighted by Gasteiger charge is -2.26. The maximum atomic E-state index is 13.2. The first-order chi connectivity index (χ1) is 14.1. The summed E-state index contributed by atoms with van der Waals surface area (Å²) in [6.45, 7) is 2.42. The Morgan fingerprint density at radius 2 is 1.97 bits per heavy atom. The predicted octanol–water partition coefficient (Wildman–Crippen LogP) is 3.76. The third-order valence-corrected chi connectivity index (χ3v) is 5.56. The molecule has 1 atom stereocenters. The van der Waals surface area contributed by atoms with Gasteiger partial charge in [0.25, 0.3) is 5.91 Å². The van der Waals surface area contributed by atoms with Gasteiger partial charge in [-0.15, -0.1) is 0 Å². The molecule has 1 aliphatic heterocycles. The fourth-order valence-electron chi connectivity index (χ4n) is 4.08. The number of aromatic amines is 1. The van der Waals surface area contributed by atoms with Crippen molar-refractivity contribution in [3.63, 3.8) is 0 Å². The summed E-state index contributed by atoms with van der Waals surface area (Å²) < 4.78 is 5.18. The first-order valence-corrected chi connectivity index (χ1v) is 9.52. The molecule has 144 valence electrons.